The fourth-order valence-electron chi connectivity index (χ4n) is 4.09. The molecule has 1 aromatic carbocycles. The van der Waals surface area contributed by atoms with Crippen LogP contribution in [0.1, 0.15) is 38.5 Å². The Kier molecular flexibility index (Phi) is 3.26. The van der Waals surface area contributed by atoms with E-state index in [2.05, 4.69) is 17.0 Å². The van der Waals surface area contributed by atoms with Crippen LogP contribution in [0.4, 0.5) is 5.69 Å². The van der Waals surface area contributed by atoms with Gasteiger partial charge >= 0.3 is 0 Å². The molecule has 1 amide bonds. The van der Waals surface area contributed by atoms with Crippen LogP contribution in [-0.4, -0.2) is 36.0 Å². The van der Waals surface area contributed by atoms with Gasteiger partial charge in [-0.05, 0) is 50.3 Å². The molecule has 3 nitrogen and oxygen atoms in total. The quantitative estimate of drug-likeness (QED) is 0.851. The lowest BCUT2D eigenvalue weighted by atomic mass is 9.85. The molecule has 112 valence electrons. The molecular formula is C18H24N2O. The molecule has 1 atom stereocenters. The lowest BCUT2D eigenvalue weighted by Gasteiger charge is -2.44. The van der Waals surface area contributed by atoms with Crippen LogP contribution >= 0.6 is 0 Å². The van der Waals surface area contributed by atoms with Gasteiger partial charge in [-0.1, -0.05) is 24.6 Å². The van der Waals surface area contributed by atoms with E-state index in [9.17, 15) is 4.79 Å². The molecule has 2 heterocycles. The second-order valence-corrected chi connectivity index (χ2v) is 7.06. The van der Waals surface area contributed by atoms with E-state index in [1.54, 1.807) is 0 Å². The smallest absolute Gasteiger partial charge is 0.228 e. The van der Waals surface area contributed by atoms with Gasteiger partial charge in [-0.2, -0.15) is 0 Å². The molecule has 2 aliphatic heterocycles. The van der Waals surface area contributed by atoms with Crippen molar-refractivity contribution in [3.8, 4) is 0 Å². The first-order valence-electron chi connectivity index (χ1n) is 8.37. The third-order valence-electron chi connectivity index (χ3n) is 5.47. The van der Waals surface area contributed by atoms with Gasteiger partial charge in [0.15, 0.2) is 0 Å². The second-order valence-electron chi connectivity index (χ2n) is 7.06. The maximum absolute atomic E-state index is 12.6. The summed E-state index contributed by atoms with van der Waals surface area (Å²) in [5, 5.41) is 0. The van der Waals surface area contributed by atoms with Crippen LogP contribution in [0.3, 0.4) is 0 Å². The normalized spacial score (nSPS) is 30.3. The molecule has 1 aromatic rings. The van der Waals surface area contributed by atoms with Gasteiger partial charge in [-0.15, -0.1) is 0 Å². The van der Waals surface area contributed by atoms with Crippen molar-refractivity contribution in [3.63, 3.8) is 0 Å². The number of hydrogen-bond acceptors (Lipinski definition) is 2. The molecule has 0 bridgehead atoms. The van der Waals surface area contributed by atoms with Crippen LogP contribution in [0.15, 0.2) is 30.3 Å². The Labute approximate surface area is 126 Å². The maximum atomic E-state index is 12.6. The summed E-state index contributed by atoms with van der Waals surface area (Å²) in [7, 11) is 0. The molecule has 0 radical (unpaired) electrons. The zero-order valence-electron chi connectivity index (χ0n) is 12.6. The standard InChI is InChI=1S/C18H24N2O/c21-17-12-18(14-20(17)16-6-2-1-3-7-16)10-4-5-11-19(18)13-15-8-9-15/h1-3,6-7,15H,4-5,8-14H2. The van der Waals surface area contributed by atoms with Gasteiger partial charge in [0, 0.05) is 30.7 Å². The lowest BCUT2D eigenvalue weighted by molar-refractivity contribution is -0.118. The van der Waals surface area contributed by atoms with E-state index >= 15 is 0 Å². The largest absolute Gasteiger partial charge is 0.310 e. The zero-order valence-corrected chi connectivity index (χ0v) is 12.6. The highest BCUT2D eigenvalue weighted by Crippen LogP contribution is 2.41. The Morgan fingerprint density at radius 1 is 1.14 bits per heavy atom. The molecule has 1 spiro atoms. The van der Waals surface area contributed by atoms with Crippen LogP contribution in [-0.2, 0) is 4.79 Å². The Bertz CT molecular complexity index is 525. The SMILES string of the molecule is O=C1CC2(CCCCN2CC2CC2)CN1c1ccccc1. The minimum atomic E-state index is 0.119. The van der Waals surface area contributed by atoms with Crippen LogP contribution < -0.4 is 4.90 Å². The first kappa shape index (κ1) is 13.3. The fraction of sp³-hybridized carbons (Fsp3) is 0.611. The minimum Gasteiger partial charge on any atom is -0.310 e. The molecule has 0 aromatic heterocycles. The van der Waals surface area contributed by atoms with Crippen molar-refractivity contribution in [3.05, 3.63) is 30.3 Å². The van der Waals surface area contributed by atoms with Crippen molar-refractivity contribution < 1.29 is 4.79 Å². The van der Waals surface area contributed by atoms with Gasteiger partial charge in [0.05, 0.1) is 0 Å². The molecule has 3 heteroatoms. The molecule has 3 fully saturated rings. The predicted molar refractivity (Wildman–Crippen MR) is 84.3 cm³/mol. The van der Waals surface area contributed by atoms with E-state index < -0.39 is 0 Å². The molecule has 1 unspecified atom stereocenters. The first-order chi connectivity index (χ1) is 10.3. The summed E-state index contributed by atoms with van der Waals surface area (Å²) in [6.07, 6.45) is 7.26. The Morgan fingerprint density at radius 2 is 1.95 bits per heavy atom. The lowest BCUT2D eigenvalue weighted by Crippen LogP contribution is -2.54. The number of anilines is 1. The number of amides is 1. The van der Waals surface area contributed by atoms with Crippen LogP contribution in [0, 0.1) is 5.92 Å². The number of hydrogen-bond donors (Lipinski definition) is 0. The molecule has 2 saturated heterocycles. The summed E-state index contributed by atoms with van der Waals surface area (Å²) in [6, 6.07) is 10.2. The van der Waals surface area contributed by atoms with Crippen molar-refractivity contribution in [2.45, 2.75) is 44.1 Å². The third kappa shape index (κ3) is 2.48. The number of piperidine rings is 1. The minimum absolute atomic E-state index is 0.119. The van der Waals surface area contributed by atoms with E-state index in [4.69, 9.17) is 0 Å². The molecule has 4 rings (SSSR count). The van der Waals surface area contributed by atoms with Crippen molar-refractivity contribution in [2.24, 2.45) is 5.92 Å². The topological polar surface area (TPSA) is 23.6 Å². The average Bonchev–Trinajstić information content (AvgIpc) is 3.26. The van der Waals surface area contributed by atoms with Crippen molar-refractivity contribution >= 4 is 11.6 Å². The van der Waals surface area contributed by atoms with Crippen LogP contribution in [0.25, 0.3) is 0 Å². The third-order valence-corrected chi connectivity index (χ3v) is 5.47. The Morgan fingerprint density at radius 3 is 2.71 bits per heavy atom. The maximum Gasteiger partial charge on any atom is 0.228 e. The van der Waals surface area contributed by atoms with E-state index in [0.717, 1.165) is 18.2 Å². The van der Waals surface area contributed by atoms with E-state index in [1.807, 2.05) is 23.1 Å². The van der Waals surface area contributed by atoms with Crippen LogP contribution in [0.2, 0.25) is 0 Å². The van der Waals surface area contributed by atoms with Crippen molar-refractivity contribution in [2.75, 3.05) is 24.5 Å². The molecule has 0 N–H and O–H groups in total. The van der Waals surface area contributed by atoms with Gasteiger partial charge < -0.3 is 4.90 Å². The van der Waals surface area contributed by atoms with Crippen molar-refractivity contribution in [1.82, 2.24) is 4.90 Å². The fourth-order valence-corrected chi connectivity index (χ4v) is 4.09. The number of nitrogens with zero attached hydrogens (tertiary/aromatic N) is 2. The van der Waals surface area contributed by atoms with Gasteiger partial charge in [-0.3, -0.25) is 9.69 Å². The highest BCUT2D eigenvalue weighted by Gasteiger charge is 2.49. The summed E-state index contributed by atoms with van der Waals surface area (Å²) < 4.78 is 0. The summed E-state index contributed by atoms with van der Waals surface area (Å²) in [5.74, 6) is 1.21. The molecule has 21 heavy (non-hydrogen) atoms. The Hall–Kier alpha value is -1.35. The molecular weight excluding hydrogens is 260 g/mol. The molecule has 3 aliphatic rings. The van der Waals surface area contributed by atoms with Gasteiger partial charge in [0.2, 0.25) is 5.91 Å². The second kappa shape index (κ2) is 5.13. The predicted octanol–water partition coefficient (Wildman–Crippen LogP) is 3.06. The van der Waals surface area contributed by atoms with Crippen molar-refractivity contribution in [1.29, 1.82) is 0 Å². The molecule has 1 saturated carbocycles. The van der Waals surface area contributed by atoms with Gasteiger partial charge in [-0.25, -0.2) is 0 Å². The first-order valence-corrected chi connectivity index (χ1v) is 8.37. The monoisotopic (exact) mass is 284 g/mol. The van der Waals surface area contributed by atoms with Gasteiger partial charge in [0.1, 0.15) is 0 Å². The number of rotatable bonds is 3. The number of benzene rings is 1. The van der Waals surface area contributed by atoms with E-state index in [-0.39, 0.29) is 5.54 Å². The summed E-state index contributed by atoms with van der Waals surface area (Å²) >= 11 is 0. The number of carbonyl (C=O) groups is 1. The van der Waals surface area contributed by atoms with Crippen LogP contribution in [0.5, 0.6) is 0 Å². The van der Waals surface area contributed by atoms with E-state index in [1.165, 1.54) is 45.2 Å². The van der Waals surface area contributed by atoms with E-state index in [0.29, 0.717) is 12.3 Å². The number of likely N-dealkylation sites (tertiary alicyclic amines) is 1. The van der Waals surface area contributed by atoms with Gasteiger partial charge in [0.25, 0.3) is 0 Å². The zero-order chi connectivity index (χ0) is 14.3. The summed E-state index contributed by atoms with van der Waals surface area (Å²) in [6.45, 7) is 3.30. The number of carbonyl (C=O) groups excluding carboxylic acids is 1. The Balaban J connectivity index is 1.57. The number of para-hydroxylation sites is 1. The highest BCUT2D eigenvalue weighted by atomic mass is 16.2. The average molecular weight is 284 g/mol. The highest BCUT2D eigenvalue weighted by molar-refractivity contribution is 5.97. The molecule has 1 aliphatic carbocycles. The summed E-state index contributed by atoms with van der Waals surface area (Å²) in [4.78, 5) is 17.3. The summed E-state index contributed by atoms with van der Waals surface area (Å²) in [5.41, 5.74) is 1.18.